The van der Waals surface area contributed by atoms with Crippen LogP contribution >= 0.6 is 15.9 Å². The van der Waals surface area contributed by atoms with E-state index in [9.17, 15) is 0 Å². The van der Waals surface area contributed by atoms with Gasteiger partial charge in [0.25, 0.3) is 0 Å². The fourth-order valence-corrected chi connectivity index (χ4v) is 2.17. The number of pyridine rings is 1. The van der Waals surface area contributed by atoms with Crippen molar-refractivity contribution in [3.8, 4) is 5.75 Å². The summed E-state index contributed by atoms with van der Waals surface area (Å²) in [6, 6.07) is 11.7. The Balaban J connectivity index is 2.02. The molecule has 0 saturated carbocycles. The second kappa shape index (κ2) is 7.99. The first-order valence-electron chi connectivity index (χ1n) is 6.42. The standard InChI is InChI=1S/C15H17BrN2O2/c16-13-4-5-15(12(9-13)10-17-7-8-19)20-11-14-3-1-2-6-18-14/h1-6,9,17,19H,7-8,10-11H2. The maximum Gasteiger partial charge on any atom is 0.130 e. The van der Waals surface area contributed by atoms with E-state index < -0.39 is 0 Å². The first kappa shape index (κ1) is 15.0. The predicted molar refractivity (Wildman–Crippen MR) is 81.5 cm³/mol. The fourth-order valence-electron chi connectivity index (χ4n) is 1.76. The van der Waals surface area contributed by atoms with Gasteiger partial charge < -0.3 is 15.2 Å². The normalized spacial score (nSPS) is 10.5. The van der Waals surface area contributed by atoms with Crippen LogP contribution in [-0.4, -0.2) is 23.2 Å². The third-order valence-corrected chi connectivity index (χ3v) is 3.22. The Kier molecular flexibility index (Phi) is 5.98. The molecule has 1 heterocycles. The highest BCUT2D eigenvalue weighted by Gasteiger charge is 2.05. The number of aromatic nitrogens is 1. The first-order chi connectivity index (χ1) is 9.79. The Bertz CT molecular complexity index is 535. The van der Waals surface area contributed by atoms with Gasteiger partial charge in [-0.05, 0) is 30.3 Å². The van der Waals surface area contributed by atoms with Crippen molar-refractivity contribution in [1.29, 1.82) is 0 Å². The van der Waals surface area contributed by atoms with Crippen LogP contribution in [-0.2, 0) is 13.2 Å². The lowest BCUT2D eigenvalue weighted by atomic mass is 10.2. The molecule has 2 N–H and O–H groups in total. The number of aliphatic hydroxyl groups is 1. The van der Waals surface area contributed by atoms with Crippen molar-refractivity contribution in [3.63, 3.8) is 0 Å². The zero-order valence-electron chi connectivity index (χ0n) is 11.1. The predicted octanol–water partition coefficient (Wildman–Crippen LogP) is 2.51. The number of hydrogen-bond donors (Lipinski definition) is 2. The van der Waals surface area contributed by atoms with Gasteiger partial charge in [-0.15, -0.1) is 0 Å². The molecule has 20 heavy (non-hydrogen) atoms. The van der Waals surface area contributed by atoms with Crippen LogP contribution in [0.15, 0.2) is 47.1 Å². The average Bonchev–Trinajstić information content (AvgIpc) is 2.48. The number of nitrogens with one attached hydrogen (secondary N) is 1. The SMILES string of the molecule is OCCNCc1cc(Br)ccc1OCc1ccccn1. The minimum Gasteiger partial charge on any atom is -0.487 e. The molecule has 0 aliphatic rings. The number of rotatable bonds is 7. The van der Waals surface area contributed by atoms with Gasteiger partial charge in [-0.25, -0.2) is 0 Å². The summed E-state index contributed by atoms with van der Waals surface area (Å²) in [7, 11) is 0. The molecule has 0 aliphatic carbocycles. The zero-order valence-corrected chi connectivity index (χ0v) is 12.6. The van der Waals surface area contributed by atoms with Crippen LogP contribution in [0.3, 0.4) is 0 Å². The molecule has 0 radical (unpaired) electrons. The summed E-state index contributed by atoms with van der Waals surface area (Å²) in [6.07, 6.45) is 1.75. The van der Waals surface area contributed by atoms with Gasteiger partial charge >= 0.3 is 0 Å². The molecule has 0 saturated heterocycles. The highest BCUT2D eigenvalue weighted by molar-refractivity contribution is 9.10. The van der Waals surface area contributed by atoms with E-state index in [1.807, 2.05) is 36.4 Å². The van der Waals surface area contributed by atoms with Crippen molar-refractivity contribution in [2.75, 3.05) is 13.2 Å². The highest BCUT2D eigenvalue weighted by Crippen LogP contribution is 2.23. The first-order valence-corrected chi connectivity index (χ1v) is 7.21. The lowest BCUT2D eigenvalue weighted by molar-refractivity contribution is 0.286. The fraction of sp³-hybridized carbons (Fsp3) is 0.267. The van der Waals surface area contributed by atoms with Gasteiger partial charge in [-0.1, -0.05) is 22.0 Å². The van der Waals surface area contributed by atoms with E-state index in [1.54, 1.807) is 6.20 Å². The molecule has 106 valence electrons. The van der Waals surface area contributed by atoms with Crippen molar-refractivity contribution in [2.45, 2.75) is 13.2 Å². The summed E-state index contributed by atoms with van der Waals surface area (Å²) in [4.78, 5) is 4.23. The molecule has 0 bridgehead atoms. The maximum absolute atomic E-state index is 8.81. The van der Waals surface area contributed by atoms with Crippen LogP contribution in [0.1, 0.15) is 11.3 Å². The summed E-state index contributed by atoms with van der Waals surface area (Å²) in [5.41, 5.74) is 1.94. The van der Waals surface area contributed by atoms with E-state index in [2.05, 4.69) is 26.2 Å². The zero-order chi connectivity index (χ0) is 14.2. The minimum absolute atomic E-state index is 0.123. The average molecular weight is 337 g/mol. The number of aliphatic hydroxyl groups excluding tert-OH is 1. The van der Waals surface area contributed by atoms with Crippen LogP contribution in [0.2, 0.25) is 0 Å². The van der Waals surface area contributed by atoms with Crippen LogP contribution in [0.4, 0.5) is 0 Å². The smallest absolute Gasteiger partial charge is 0.130 e. The molecular weight excluding hydrogens is 320 g/mol. The van der Waals surface area contributed by atoms with Gasteiger partial charge in [0.05, 0.1) is 12.3 Å². The van der Waals surface area contributed by atoms with Gasteiger partial charge in [-0.3, -0.25) is 4.98 Å². The summed E-state index contributed by atoms with van der Waals surface area (Å²) < 4.78 is 6.83. The number of ether oxygens (including phenoxy) is 1. The molecule has 0 aliphatic heterocycles. The van der Waals surface area contributed by atoms with Gasteiger partial charge in [-0.2, -0.15) is 0 Å². The summed E-state index contributed by atoms with van der Waals surface area (Å²) >= 11 is 3.46. The number of nitrogens with zero attached hydrogens (tertiary/aromatic N) is 1. The molecule has 0 fully saturated rings. The third-order valence-electron chi connectivity index (χ3n) is 2.73. The van der Waals surface area contributed by atoms with E-state index in [-0.39, 0.29) is 6.61 Å². The Hall–Kier alpha value is -1.43. The molecular formula is C15H17BrN2O2. The highest BCUT2D eigenvalue weighted by atomic mass is 79.9. The molecule has 0 amide bonds. The van der Waals surface area contributed by atoms with Gasteiger partial charge in [0.2, 0.25) is 0 Å². The Morgan fingerprint density at radius 1 is 1.25 bits per heavy atom. The van der Waals surface area contributed by atoms with Gasteiger partial charge in [0, 0.05) is 29.3 Å². The second-order valence-electron chi connectivity index (χ2n) is 4.26. The summed E-state index contributed by atoms with van der Waals surface area (Å²) in [5.74, 6) is 0.823. The van der Waals surface area contributed by atoms with E-state index in [4.69, 9.17) is 9.84 Å². The van der Waals surface area contributed by atoms with Crippen LogP contribution in [0, 0.1) is 0 Å². The Morgan fingerprint density at radius 3 is 2.90 bits per heavy atom. The molecule has 5 heteroatoms. The van der Waals surface area contributed by atoms with Gasteiger partial charge in [0.1, 0.15) is 12.4 Å². The van der Waals surface area contributed by atoms with Crippen molar-refractivity contribution in [2.24, 2.45) is 0 Å². The van der Waals surface area contributed by atoms with Crippen LogP contribution < -0.4 is 10.1 Å². The molecule has 1 aromatic heterocycles. The molecule has 0 unspecified atom stereocenters. The van der Waals surface area contributed by atoms with E-state index >= 15 is 0 Å². The van der Waals surface area contributed by atoms with Crippen molar-refractivity contribution in [3.05, 3.63) is 58.3 Å². The lowest BCUT2D eigenvalue weighted by Gasteiger charge is -2.12. The summed E-state index contributed by atoms with van der Waals surface area (Å²) in [5, 5.41) is 12.0. The van der Waals surface area contributed by atoms with E-state index in [0.717, 1.165) is 21.5 Å². The molecule has 0 spiro atoms. The van der Waals surface area contributed by atoms with E-state index in [0.29, 0.717) is 19.7 Å². The van der Waals surface area contributed by atoms with Crippen molar-refractivity contribution in [1.82, 2.24) is 10.3 Å². The monoisotopic (exact) mass is 336 g/mol. The van der Waals surface area contributed by atoms with Crippen LogP contribution in [0.5, 0.6) is 5.75 Å². The van der Waals surface area contributed by atoms with E-state index in [1.165, 1.54) is 0 Å². The van der Waals surface area contributed by atoms with Crippen molar-refractivity contribution >= 4 is 15.9 Å². The van der Waals surface area contributed by atoms with Crippen LogP contribution in [0.25, 0.3) is 0 Å². The Morgan fingerprint density at radius 2 is 2.15 bits per heavy atom. The topological polar surface area (TPSA) is 54.4 Å². The minimum atomic E-state index is 0.123. The lowest BCUT2D eigenvalue weighted by Crippen LogP contribution is -2.18. The van der Waals surface area contributed by atoms with Gasteiger partial charge in [0.15, 0.2) is 0 Å². The quantitative estimate of drug-likeness (QED) is 0.763. The maximum atomic E-state index is 8.81. The summed E-state index contributed by atoms with van der Waals surface area (Å²) in [6.45, 7) is 1.78. The second-order valence-corrected chi connectivity index (χ2v) is 5.18. The Labute approximate surface area is 126 Å². The number of benzene rings is 1. The third kappa shape index (κ3) is 4.59. The van der Waals surface area contributed by atoms with Crippen molar-refractivity contribution < 1.29 is 9.84 Å². The number of hydrogen-bond acceptors (Lipinski definition) is 4. The molecule has 1 aromatic carbocycles. The molecule has 4 nitrogen and oxygen atoms in total. The molecule has 2 aromatic rings. The number of halogens is 1. The molecule has 2 rings (SSSR count). The largest absolute Gasteiger partial charge is 0.487 e. The molecule has 0 atom stereocenters.